The maximum atomic E-state index is 12.2. The van der Waals surface area contributed by atoms with Crippen molar-refractivity contribution in [3.05, 3.63) is 17.5 Å². The molecule has 1 aromatic rings. The van der Waals surface area contributed by atoms with Crippen LogP contribution in [0.2, 0.25) is 0 Å². The van der Waals surface area contributed by atoms with Gasteiger partial charge in [-0.05, 0) is 25.7 Å². The zero-order valence-corrected chi connectivity index (χ0v) is 11.2. The molecule has 0 aromatic carbocycles. The molecule has 2 unspecified atom stereocenters. The molecule has 0 saturated heterocycles. The molecule has 2 rings (SSSR count). The molecule has 0 bridgehead atoms. The summed E-state index contributed by atoms with van der Waals surface area (Å²) >= 11 is 0. The minimum atomic E-state index is -1.15. The largest absolute Gasteiger partial charge is 0.479 e. The van der Waals surface area contributed by atoms with Crippen LogP contribution in [0.5, 0.6) is 0 Å². The van der Waals surface area contributed by atoms with E-state index in [4.69, 9.17) is 0 Å². The number of hydrogen-bond donors (Lipinski definition) is 3. The van der Waals surface area contributed by atoms with Crippen molar-refractivity contribution in [3.8, 4) is 0 Å². The maximum Gasteiger partial charge on any atom is 0.329 e. The Morgan fingerprint density at radius 3 is 2.79 bits per heavy atom. The van der Waals surface area contributed by atoms with Crippen molar-refractivity contribution in [2.24, 2.45) is 5.92 Å². The molecule has 6 heteroatoms. The molecule has 0 spiro atoms. The molecular formula is C13H19N3O3. The van der Waals surface area contributed by atoms with Gasteiger partial charge >= 0.3 is 5.97 Å². The minimum absolute atomic E-state index is 0.0742. The van der Waals surface area contributed by atoms with Crippen LogP contribution < -0.4 is 5.32 Å². The molecule has 1 aromatic heterocycles. The van der Waals surface area contributed by atoms with Crippen LogP contribution in [0, 0.1) is 12.8 Å². The summed E-state index contributed by atoms with van der Waals surface area (Å²) in [5.41, 5.74) is -0.112. The number of H-pyrrole nitrogens is 1. The lowest BCUT2D eigenvalue weighted by Gasteiger charge is -2.39. The van der Waals surface area contributed by atoms with Crippen LogP contribution in [0.4, 0.5) is 0 Å². The van der Waals surface area contributed by atoms with Crippen LogP contribution in [0.15, 0.2) is 6.20 Å². The highest BCUT2D eigenvalue weighted by atomic mass is 16.4. The fraction of sp³-hybridized carbons (Fsp3) is 0.615. The molecule has 1 amide bonds. The Bertz CT molecular complexity index is 497. The van der Waals surface area contributed by atoms with E-state index in [1.807, 2.05) is 6.92 Å². The number of aliphatic carboxylic acids is 1. The van der Waals surface area contributed by atoms with Crippen LogP contribution in [-0.2, 0) is 4.79 Å². The van der Waals surface area contributed by atoms with Crippen molar-refractivity contribution >= 4 is 11.9 Å². The quantitative estimate of drug-likeness (QED) is 0.771. The molecule has 1 fully saturated rings. The fourth-order valence-corrected chi connectivity index (χ4v) is 2.75. The van der Waals surface area contributed by atoms with Crippen LogP contribution in [-0.4, -0.2) is 32.7 Å². The second-order valence-electron chi connectivity index (χ2n) is 5.29. The summed E-state index contributed by atoms with van der Waals surface area (Å²) in [5.74, 6) is -1.40. The third-order valence-corrected chi connectivity index (χ3v) is 4.09. The first-order valence-electron chi connectivity index (χ1n) is 6.53. The third-order valence-electron chi connectivity index (χ3n) is 4.09. The standard InChI is InChI=1S/C13H19N3O3/c1-8-5-3-4-6-13(8,12(18)19)15-11(17)10-7-14-16-9(10)2/h7-8H,3-6H2,1-2H3,(H,14,16)(H,15,17)(H,18,19). The molecule has 1 aliphatic carbocycles. The number of rotatable bonds is 3. The summed E-state index contributed by atoms with van der Waals surface area (Å²) in [6, 6.07) is 0. The highest BCUT2D eigenvalue weighted by Crippen LogP contribution is 2.34. The molecule has 1 heterocycles. The number of amides is 1. The minimum Gasteiger partial charge on any atom is -0.479 e. The van der Waals surface area contributed by atoms with Crippen LogP contribution in [0.25, 0.3) is 0 Å². The number of aryl methyl sites for hydroxylation is 1. The van der Waals surface area contributed by atoms with Crippen molar-refractivity contribution < 1.29 is 14.7 Å². The number of nitrogens with one attached hydrogen (secondary N) is 2. The predicted molar refractivity (Wildman–Crippen MR) is 68.8 cm³/mol. The number of carboxylic acids is 1. The number of carbonyl (C=O) groups is 2. The fourth-order valence-electron chi connectivity index (χ4n) is 2.75. The highest BCUT2D eigenvalue weighted by molar-refractivity contribution is 5.98. The number of aromatic nitrogens is 2. The first kappa shape index (κ1) is 13.6. The van der Waals surface area contributed by atoms with Crippen LogP contribution >= 0.6 is 0 Å². The smallest absolute Gasteiger partial charge is 0.329 e. The Morgan fingerprint density at radius 1 is 1.53 bits per heavy atom. The predicted octanol–water partition coefficient (Wildman–Crippen LogP) is 1.48. The van der Waals surface area contributed by atoms with Gasteiger partial charge in [0.05, 0.1) is 11.8 Å². The Morgan fingerprint density at radius 2 is 2.26 bits per heavy atom. The molecule has 3 N–H and O–H groups in total. The van der Waals surface area contributed by atoms with E-state index in [2.05, 4.69) is 15.5 Å². The van der Waals surface area contributed by atoms with Gasteiger partial charge < -0.3 is 10.4 Å². The summed E-state index contributed by atoms with van der Waals surface area (Å²) in [6.07, 6.45) is 4.55. The summed E-state index contributed by atoms with van der Waals surface area (Å²) < 4.78 is 0. The molecular weight excluding hydrogens is 246 g/mol. The van der Waals surface area contributed by atoms with Crippen molar-refractivity contribution in [1.82, 2.24) is 15.5 Å². The van der Waals surface area contributed by atoms with Crippen molar-refractivity contribution in [1.29, 1.82) is 0 Å². The number of carbonyl (C=O) groups excluding carboxylic acids is 1. The lowest BCUT2D eigenvalue weighted by atomic mass is 9.73. The first-order chi connectivity index (χ1) is 8.97. The van der Waals surface area contributed by atoms with E-state index in [1.165, 1.54) is 6.20 Å². The molecule has 104 valence electrons. The van der Waals surface area contributed by atoms with Gasteiger partial charge in [0.25, 0.3) is 5.91 Å². The van der Waals surface area contributed by atoms with E-state index >= 15 is 0 Å². The monoisotopic (exact) mass is 265 g/mol. The second-order valence-corrected chi connectivity index (χ2v) is 5.29. The Balaban J connectivity index is 2.24. The van der Waals surface area contributed by atoms with E-state index in [1.54, 1.807) is 6.92 Å². The summed E-state index contributed by atoms with van der Waals surface area (Å²) in [4.78, 5) is 23.9. The number of hydrogen-bond acceptors (Lipinski definition) is 3. The lowest BCUT2D eigenvalue weighted by Crippen LogP contribution is -2.60. The van der Waals surface area contributed by atoms with Gasteiger partial charge in [0.2, 0.25) is 0 Å². The van der Waals surface area contributed by atoms with Gasteiger partial charge in [0, 0.05) is 5.69 Å². The van der Waals surface area contributed by atoms with E-state index in [-0.39, 0.29) is 11.8 Å². The maximum absolute atomic E-state index is 12.2. The van der Waals surface area contributed by atoms with Gasteiger partial charge in [-0.3, -0.25) is 9.89 Å². The van der Waals surface area contributed by atoms with Crippen molar-refractivity contribution in [2.75, 3.05) is 0 Å². The Labute approximate surface area is 111 Å². The second kappa shape index (κ2) is 5.03. The normalized spacial score (nSPS) is 26.9. The van der Waals surface area contributed by atoms with Gasteiger partial charge in [-0.2, -0.15) is 5.10 Å². The van der Waals surface area contributed by atoms with Crippen molar-refractivity contribution in [2.45, 2.75) is 45.1 Å². The highest BCUT2D eigenvalue weighted by Gasteiger charge is 2.46. The average Bonchev–Trinajstić information content (AvgIpc) is 2.78. The molecule has 1 saturated carbocycles. The van der Waals surface area contributed by atoms with Gasteiger partial charge in [-0.15, -0.1) is 0 Å². The zero-order valence-electron chi connectivity index (χ0n) is 11.2. The molecule has 0 aliphatic heterocycles. The van der Waals surface area contributed by atoms with E-state index in [9.17, 15) is 14.7 Å². The third kappa shape index (κ3) is 2.34. The zero-order chi connectivity index (χ0) is 14.0. The summed E-state index contributed by atoms with van der Waals surface area (Å²) in [5, 5.41) is 18.7. The first-order valence-corrected chi connectivity index (χ1v) is 6.53. The lowest BCUT2D eigenvalue weighted by molar-refractivity contribution is -0.148. The topological polar surface area (TPSA) is 95.1 Å². The molecule has 19 heavy (non-hydrogen) atoms. The molecule has 2 atom stereocenters. The number of aromatic amines is 1. The SMILES string of the molecule is Cc1[nH]ncc1C(=O)NC1(C(=O)O)CCCCC1C. The Hall–Kier alpha value is -1.85. The number of carboxylic acid groups (broad SMARTS) is 1. The molecule has 0 radical (unpaired) electrons. The van der Waals surface area contributed by atoms with E-state index in [0.717, 1.165) is 19.3 Å². The Kier molecular flexibility index (Phi) is 3.59. The van der Waals surface area contributed by atoms with E-state index < -0.39 is 11.5 Å². The van der Waals surface area contributed by atoms with Gasteiger partial charge in [0.1, 0.15) is 5.54 Å². The average molecular weight is 265 g/mol. The number of nitrogens with zero attached hydrogens (tertiary/aromatic N) is 1. The van der Waals surface area contributed by atoms with Gasteiger partial charge in [0.15, 0.2) is 0 Å². The van der Waals surface area contributed by atoms with Gasteiger partial charge in [-0.1, -0.05) is 19.8 Å². The van der Waals surface area contributed by atoms with Crippen LogP contribution in [0.1, 0.15) is 48.7 Å². The van der Waals surface area contributed by atoms with Crippen molar-refractivity contribution in [3.63, 3.8) is 0 Å². The molecule has 1 aliphatic rings. The van der Waals surface area contributed by atoms with E-state index in [0.29, 0.717) is 17.7 Å². The summed E-state index contributed by atoms with van der Waals surface area (Å²) in [7, 11) is 0. The van der Waals surface area contributed by atoms with Crippen LogP contribution in [0.3, 0.4) is 0 Å². The molecule has 6 nitrogen and oxygen atoms in total. The van der Waals surface area contributed by atoms with Gasteiger partial charge in [-0.25, -0.2) is 4.79 Å². The summed E-state index contributed by atoms with van der Waals surface area (Å²) in [6.45, 7) is 3.62.